The topological polar surface area (TPSA) is 102 Å². The number of anilines is 1. The standard InChI is InChI=1S/C21H26N2O5S/c1-14(2)17-7-5-6-8-18(17)23-20(24)13-28-21(25)12-22-29(26,27)19-11-15(3)9-10-16(19)4/h5-11,14,22H,12-13H2,1-4H3,(H,23,24). The molecule has 2 aromatic rings. The summed E-state index contributed by atoms with van der Waals surface area (Å²) in [4.78, 5) is 24.1. The lowest BCUT2D eigenvalue weighted by Gasteiger charge is -2.14. The summed E-state index contributed by atoms with van der Waals surface area (Å²) in [5.74, 6) is -1.12. The average molecular weight is 419 g/mol. The van der Waals surface area contributed by atoms with E-state index in [1.165, 1.54) is 6.07 Å². The van der Waals surface area contributed by atoms with Crippen LogP contribution in [0.2, 0.25) is 0 Å². The van der Waals surface area contributed by atoms with E-state index in [1.807, 2.05) is 26.0 Å². The van der Waals surface area contributed by atoms with Crippen LogP contribution >= 0.6 is 0 Å². The summed E-state index contributed by atoms with van der Waals surface area (Å²) in [6, 6.07) is 12.4. The molecule has 0 spiro atoms. The highest BCUT2D eigenvalue weighted by molar-refractivity contribution is 7.89. The molecule has 0 aromatic heterocycles. The van der Waals surface area contributed by atoms with E-state index in [2.05, 4.69) is 10.0 Å². The lowest BCUT2D eigenvalue weighted by molar-refractivity contribution is -0.146. The Morgan fingerprint density at radius 1 is 1.07 bits per heavy atom. The van der Waals surface area contributed by atoms with Crippen LogP contribution in [-0.4, -0.2) is 33.4 Å². The maximum absolute atomic E-state index is 12.4. The molecule has 29 heavy (non-hydrogen) atoms. The number of ether oxygens (including phenoxy) is 1. The van der Waals surface area contributed by atoms with Gasteiger partial charge in [-0.3, -0.25) is 9.59 Å². The first-order chi connectivity index (χ1) is 13.6. The number of amides is 1. The van der Waals surface area contributed by atoms with Crippen molar-refractivity contribution in [3.8, 4) is 0 Å². The van der Waals surface area contributed by atoms with Crippen molar-refractivity contribution in [3.05, 3.63) is 59.2 Å². The third-order valence-corrected chi connectivity index (χ3v) is 5.80. The van der Waals surface area contributed by atoms with E-state index in [4.69, 9.17) is 4.74 Å². The molecule has 7 nitrogen and oxygen atoms in total. The quantitative estimate of drug-likeness (QED) is 0.642. The number of hydrogen-bond acceptors (Lipinski definition) is 5. The van der Waals surface area contributed by atoms with E-state index in [9.17, 15) is 18.0 Å². The molecule has 2 rings (SSSR count). The first kappa shape index (κ1) is 22.6. The van der Waals surface area contributed by atoms with Crippen LogP contribution in [-0.2, 0) is 24.3 Å². The smallest absolute Gasteiger partial charge is 0.321 e. The molecular formula is C21H26N2O5S. The Kier molecular flexibility index (Phi) is 7.53. The fourth-order valence-corrected chi connectivity index (χ4v) is 4.02. The van der Waals surface area contributed by atoms with Crippen molar-refractivity contribution >= 4 is 27.6 Å². The number of aryl methyl sites for hydroxylation is 2. The van der Waals surface area contributed by atoms with Gasteiger partial charge in [0.15, 0.2) is 6.61 Å². The third kappa shape index (κ3) is 6.40. The number of carbonyl (C=O) groups excluding carboxylic acids is 2. The van der Waals surface area contributed by atoms with Gasteiger partial charge in [-0.05, 0) is 48.6 Å². The molecule has 0 saturated carbocycles. The zero-order valence-corrected chi connectivity index (χ0v) is 17.8. The molecule has 2 N–H and O–H groups in total. The SMILES string of the molecule is Cc1ccc(C)c(S(=O)(=O)NCC(=O)OCC(=O)Nc2ccccc2C(C)C)c1. The molecule has 0 bridgehead atoms. The Bertz CT molecular complexity index is 1000. The number of hydrogen-bond donors (Lipinski definition) is 2. The van der Waals surface area contributed by atoms with Crippen molar-refractivity contribution in [1.29, 1.82) is 0 Å². The Morgan fingerprint density at radius 3 is 2.45 bits per heavy atom. The predicted molar refractivity (Wildman–Crippen MR) is 111 cm³/mol. The number of sulfonamides is 1. The zero-order chi connectivity index (χ0) is 21.6. The first-order valence-electron chi connectivity index (χ1n) is 9.21. The first-order valence-corrected chi connectivity index (χ1v) is 10.7. The van der Waals surface area contributed by atoms with Crippen molar-refractivity contribution in [3.63, 3.8) is 0 Å². The maximum Gasteiger partial charge on any atom is 0.321 e. The van der Waals surface area contributed by atoms with Gasteiger partial charge < -0.3 is 10.1 Å². The molecule has 8 heteroatoms. The summed E-state index contributed by atoms with van der Waals surface area (Å²) in [7, 11) is -3.86. The van der Waals surface area contributed by atoms with E-state index < -0.39 is 35.1 Å². The molecule has 0 aliphatic carbocycles. The molecule has 1 amide bonds. The van der Waals surface area contributed by atoms with Crippen LogP contribution in [0, 0.1) is 13.8 Å². The number of rotatable bonds is 8. The summed E-state index contributed by atoms with van der Waals surface area (Å²) in [5.41, 5.74) is 2.98. The molecular weight excluding hydrogens is 392 g/mol. The number of para-hydroxylation sites is 1. The minimum Gasteiger partial charge on any atom is -0.455 e. The summed E-state index contributed by atoms with van der Waals surface area (Å²) < 4.78 is 31.9. The third-order valence-electron chi connectivity index (χ3n) is 4.26. The van der Waals surface area contributed by atoms with Crippen LogP contribution in [0.1, 0.15) is 36.5 Å². The highest BCUT2D eigenvalue weighted by Gasteiger charge is 2.19. The number of carbonyl (C=O) groups is 2. The van der Waals surface area contributed by atoms with Crippen LogP contribution in [0.25, 0.3) is 0 Å². The van der Waals surface area contributed by atoms with E-state index in [1.54, 1.807) is 38.1 Å². The second-order valence-electron chi connectivity index (χ2n) is 7.04. The molecule has 156 valence electrons. The van der Waals surface area contributed by atoms with Gasteiger partial charge in [0.1, 0.15) is 6.54 Å². The number of benzene rings is 2. The Balaban J connectivity index is 1.88. The van der Waals surface area contributed by atoms with Gasteiger partial charge in [-0.25, -0.2) is 8.42 Å². The molecule has 0 heterocycles. The second-order valence-corrected chi connectivity index (χ2v) is 8.78. The van der Waals surface area contributed by atoms with Gasteiger partial charge in [-0.2, -0.15) is 4.72 Å². The minimum atomic E-state index is -3.86. The lowest BCUT2D eigenvalue weighted by atomic mass is 10.0. The van der Waals surface area contributed by atoms with Gasteiger partial charge in [0.25, 0.3) is 5.91 Å². The van der Waals surface area contributed by atoms with Crippen LogP contribution < -0.4 is 10.0 Å². The minimum absolute atomic E-state index is 0.105. The largest absolute Gasteiger partial charge is 0.455 e. The molecule has 0 aliphatic heterocycles. The molecule has 2 aromatic carbocycles. The predicted octanol–water partition coefficient (Wildman–Crippen LogP) is 2.89. The van der Waals surface area contributed by atoms with Crippen molar-refractivity contribution in [2.24, 2.45) is 0 Å². The van der Waals surface area contributed by atoms with Crippen LogP contribution in [0.4, 0.5) is 5.69 Å². The highest BCUT2D eigenvalue weighted by Crippen LogP contribution is 2.23. The summed E-state index contributed by atoms with van der Waals surface area (Å²) in [6.45, 7) is 6.40. The monoisotopic (exact) mass is 418 g/mol. The fraction of sp³-hybridized carbons (Fsp3) is 0.333. The van der Waals surface area contributed by atoms with E-state index in [0.717, 1.165) is 11.1 Å². The van der Waals surface area contributed by atoms with Crippen LogP contribution in [0.15, 0.2) is 47.4 Å². The van der Waals surface area contributed by atoms with Crippen LogP contribution in [0.3, 0.4) is 0 Å². The van der Waals surface area contributed by atoms with E-state index >= 15 is 0 Å². The molecule has 0 unspecified atom stereocenters. The molecule has 0 fully saturated rings. The van der Waals surface area contributed by atoms with Crippen molar-refractivity contribution in [2.75, 3.05) is 18.5 Å². The Hall–Kier alpha value is -2.71. The van der Waals surface area contributed by atoms with E-state index in [0.29, 0.717) is 11.3 Å². The van der Waals surface area contributed by atoms with Gasteiger partial charge in [0.2, 0.25) is 10.0 Å². The van der Waals surface area contributed by atoms with Gasteiger partial charge in [0.05, 0.1) is 4.90 Å². The van der Waals surface area contributed by atoms with Gasteiger partial charge in [-0.1, -0.05) is 44.2 Å². The van der Waals surface area contributed by atoms with Gasteiger partial charge in [0, 0.05) is 5.69 Å². The second kappa shape index (κ2) is 9.67. The maximum atomic E-state index is 12.4. The fourth-order valence-electron chi connectivity index (χ4n) is 2.73. The zero-order valence-electron chi connectivity index (χ0n) is 17.0. The molecule has 0 atom stereocenters. The number of esters is 1. The average Bonchev–Trinajstić information content (AvgIpc) is 2.67. The van der Waals surface area contributed by atoms with E-state index in [-0.39, 0.29) is 10.8 Å². The summed E-state index contributed by atoms with van der Waals surface area (Å²) >= 11 is 0. The number of nitrogens with one attached hydrogen (secondary N) is 2. The van der Waals surface area contributed by atoms with Crippen molar-refractivity contribution < 1.29 is 22.7 Å². The van der Waals surface area contributed by atoms with Crippen molar-refractivity contribution in [1.82, 2.24) is 4.72 Å². The highest BCUT2D eigenvalue weighted by atomic mass is 32.2. The Morgan fingerprint density at radius 2 is 1.76 bits per heavy atom. The molecule has 0 radical (unpaired) electrons. The van der Waals surface area contributed by atoms with Gasteiger partial charge >= 0.3 is 5.97 Å². The normalized spacial score (nSPS) is 11.3. The summed E-state index contributed by atoms with van der Waals surface area (Å²) in [5, 5.41) is 2.70. The lowest BCUT2D eigenvalue weighted by Crippen LogP contribution is -2.32. The van der Waals surface area contributed by atoms with Crippen LogP contribution in [0.5, 0.6) is 0 Å². The van der Waals surface area contributed by atoms with Crippen molar-refractivity contribution in [2.45, 2.75) is 38.5 Å². The summed E-state index contributed by atoms with van der Waals surface area (Å²) in [6.07, 6.45) is 0. The molecule has 0 aliphatic rings. The Labute approximate surface area is 171 Å². The molecule has 0 saturated heterocycles. The van der Waals surface area contributed by atoms with Gasteiger partial charge in [-0.15, -0.1) is 0 Å².